The Kier molecular flexibility index (Phi) is 0.968. The molecule has 0 aromatic heterocycles. The molecule has 0 fully saturated rings. The van der Waals surface area contributed by atoms with Gasteiger partial charge < -0.3 is 0 Å². The molecule has 0 unspecified atom stereocenters. The molecular formula is C4H3N3O. The Balaban J connectivity index is 2.66. The Labute approximate surface area is 45.8 Å². The zero-order valence-corrected chi connectivity index (χ0v) is 4.01. The van der Waals surface area contributed by atoms with E-state index in [-0.39, 0.29) is 18.0 Å². The maximum Gasteiger partial charge on any atom is 0.246 e. The predicted octanol–water partition coefficient (Wildman–Crippen LogP) is -0.614. The fourth-order valence-electron chi connectivity index (χ4n) is 0.425. The van der Waals surface area contributed by atoms with Crippen molar-refractivity contribution in [2.75, 3.05) is 0 Å². The van der Waals surface area contributed by atoms with E-state index in [1.165, 1.54) is 0 Å². The van der Waals surface area contributed by atoms with Gasteiger partial charge in [0, 0.05) is 0 Å². The molecule has 0 saturated heterocycles. The average molecular weight is 109 g/mol. The van der Waals surface area contributed by atoms with Gasteiger partial charge in [0.1, 0.15) is 11.8 Å². The Morgan fingerprint density at radius 1 is 1.88 bits per heavy atom. The number of amides is 1. The van der Waals surface area contributed by atoms with Crippen LogP contribution in [0.5, 0.6) is 0 Å². The highest BCUT2D eigenvalue weighted by atomic mass is 16.2. The summed E-state index contributed by atoms with van der Waals surface area (Å²) in [6, 6.07) is 1.76. The van der Waals surface area contributed by atoms with Crippen LogP contribution < -0.4 is 5.43 Å². The topological polar surface area (TPSA) is 65.2 Å². The quantitative estimate of drug-likeness (QED) is 0.450. The summed E-state index contributed by atoms with van der Waals surface area (Å²) >= 11 is 0. The molecule has 1 aliphatic rings. The highest BCUT2D eigenvalue weighted by molar-refractivity contribution is 6.12. The first kappa shape index (κ1) is 4.78. The zero-order valence-electron chi connectivity index (χ0n) is 4.01. The number of nitriles is 1. The van der Waals surface area contributed by atoms with Crippen molar-refractivity contribution in [1.82, 2.24) is 5.43 Å². The van der Waals surface area contributed by atoms with Crippen LogP contribution in [0, 0.1) is 11.3 Å². The molecule has 0 aromatic carbocycles. The van der Waals surface area contributed by atoms with E-state index in [1.807, 2.05) is 0 Å². The average Bonchev–Trinajstić information content (AvgIpc) is 2.14. The molecular weight excluding hydrogens is 106 g/mol. The van der Waals surface area contributed by atoms with Crippen LogP contribution in [0.1, 0.15) is 6.42 Å². The Hall–Kier alpha value is -1.37. The van der Waals surface area contributed by atoms with Crippen molar-refractivity contribution < 1.29 is 4.79 Å². The maximum atomic E-state index is 10.2. The summed E-state index contributed by atoms with van der Waals surface area (Å²) in [7, 11) is 0. The molecule has 1 rings (SSSR count). The molecule has 8 heavy (non-hydrogen) atoms. The number of nitrogens with zero attached hydrogens (tertiary/aromatic N) is 2. The third-order valence-corrected chi connectivity index (χ3v) is 0.773. The second kappa shape index (κ2) is 1.62. The number of carbonyl (C=O) groups excluding carboxylic acids is 1. The highest BCUT2D eigenvalue weighted by Crippen LogP contribution is 1.91. The van der Waals surface area contributed by atoms with Crippen molar-refractivity contribution >= 4 is 11.6 Å². The van der Waals surface area contributed by atoms with Gasteiger partial charge in [-0.3, -0.25) is 4.79 Å². The fraction of sp³-hybridized carbons (Fsp3) is 0.250. The van der Waals surface area contributed by atoms with Crippen LogP contribution in [0.3, 0.4) is 0 Å². The normalized spacial score (nSPS) is 16.9. The summed E-state index contributed by atoms with van der Waals surface area (Å²) in [6.45, 7) is 0. The van der Waals surface area contributed by atoms with Gasteiger partial charge in [0.25, 0.3) is 0 Å². The van der Waals surface area contributed by atoms with Crippen LogP contribution in [0.2, 0.25) is 0 Å². The van der Waals surface area contributed by atoms with E-state index >= 15 is 0 Å². The summed E-state index contributed by atoms with van der Waals surface area (Å²) in [5.41, 5.74) is 2.41. The van der Waals surface area contributed by atoms with Gasteiger partial charge in [-0.25, -0.2) is 5.43 Å². The van der Waals surface area contributed by atoms with Crippen LogP contribution in [0.25, 0.3) is 0 Å². The van der Waals surface area contributed by atoms with Crippen molar-refractivity contribution in [1.29, 1.82) is 5.26 Å². The minimum absolute atomic E-state index is 0.135. The Morgan fingerprint density at radius 3 is 2.88 bits per heavy atom. The van der Waals surface area contributed by atoms with Gasteiger partial charge in [-0.2, -0.15) is 10.4 Å². The van der Waals surface area contributed by atoms with E-state index in [4.69, 9.17) is 5.26 Å². The molecule has 0 saturated carbocycles. The van der Waals surface area contributed by atoms with Gasteiger partial charge in [-0.15, -0.1) is 0 Å². The maximum absolute atomic E-state index is 10.2. The van der Waals surface area contributed by atoms with E-state index in [1.54, 1.807) is 6.07 Å². The minimum atomic E-state index is -0.207. The summed E-state index contributed by atoms with van der Waals surface area (Å²) in [5, 5.41) is 11.5. The van der Waals surface area contributed by atoms with Crippen molar-refractivity contribution in [2.24, 2.45) is 5.10 Å². The summed E-state index contributed by atoms with van der Waals surface area (Å²) in [6.07, 6.45) is 0.135. The monoisotopic (exact) mass is 109 g/mol. The predicted molar refractivity (Wildman–Crippen MR) is 25.8 cm³/mol. The van der Waals surface area contributed by atoms with Gasteiger partial charge in [0.05, 0.1) is 6.42 Å². The molecule has 0 radical (unpaired) electrons. The smallest absolute Gasteiger partial charge is 0.246 e. The van der Waals surface area contributed by atoms with Crippen molar-refractivity contribution in [3.8, 4) is 6.07 Å². The van der Waals surface area contributed by atoms with Crippen LogP contribution in [-0.2, 0) is 4.79 Å². The van der Waals surface area contributed by atoms with Gasteiger partial charge >= 0.3 is 0 Å². The lowest BCUT2D eigenvalue weighted by molar-refractivity contribution is -0.119. The molecule has 1 amide bonds. The molecule has 4 heteroatoms. The molecule has 1 heterocycles. The highest BCUT2D eigenvalue weighted by Gasteiger charge is 2.12. The minimum Gasteiger partial charge on any atom is -0.273 e. The lowest BCUT2D eigenvalue weighted by Gasteiger charge is -1.76. The second-order valence-corrected chi connectivity index (χ2v) is 1.38. The SMILES string of the molecule is N#CC1=NNC(=O)C1. The molecule has 4 nitrogen and oxygen atoms in total. The van der Waals surface area contributed by atoms with E-state index in [0.717, 1.165) is 0 Å². The van der Waals surface area contributed by atoms with E-state index < -0.39 is 0 Å². The molecule has 0 spiro atoms. The third-order valence-electron chi connectivity index (χ3n) is 0.773. The number of rotatable bonds is 0. The summed E-state index contributed by atoms with van der Waals surface area (Å²) in [4.78, 5) is 10.2. The van der Waals surface area contributed by atoms with Gasteiger partial charge in [0.15, 0.2) is 0 Å². The molecule has 0 atom stereocenters. The van der Waals surface area contributed by atoms with E-state index in [0.29, 0.717) is 0 Å². The van der Waals surface area contributed by atoms with Crippen LogP contribution >= 0.6 is 0 Å². The molecule has 0 aliphatic carbocycles. The molecule has 0 aromatic rings. The fourth-order valence-corrected chi connectivity index (χ4v) is 0.425. The molecule has 40 valence electrons. The lowest BCUT2D eigenvalue weighted by Crippen LogP contribution is -2.08. The van der Waals surface area contributed by atoms with Crippen LogP contribution in [-0.4, -0.2) is 11.6 Å². The first-order chi connectivity index (χ1) is 3.83. The third kappa shape index (κ3) is 0.658. The van der Waals surface area contributed by atoms with E-state index in [2.05, 4.69) is 10.5 Å². The number of hydrazone groups is 1. The lowest BCUT2D eigenvalue weighted by atomic mass is 10.3. The Morgan fingerprint density at radius 2 is 2.62 bits per heavy atom. The second-order valence-electron chi connectivity index (χ2n) is 1.38. The van der Waals surface area contributed by atoms with Gasteiger partial charge in [-0.05, 0) is 0 Å². The van der Waals surface area contributed by atoms with Gasteiger partial charge in [0.2, 0.25) is 5.91 Å². The number of hydrogen-bond acceptors (Lipinski definition) is 3. The van der Waals surface area contributed by atoms with Crippen LogP contribution in [0.15, 0.2) is 5.10 Å². The summed E-state index contributed by atoms with van der Waals surface area (Å²) < 4.78 is 0. The number of nitrogens with one attached hydrogen (secondary N) is 1. The first-order valence-corrected chi connectivity index (χ1v) is 2.08. The molecule has 0 bridgehead atoms. The zero-order chi connectivity index (χ0) is 5.98. The first-order valence-electron chi connectivity index (χ1n) is 2.08. The van der Waals surface area contributed by atoms with E-state index in [9.17, 15) is 4.79 Å². The largest absolute Gasteiger partial charge is 0.273 e. The number of carbonyl (C=O) groups is 1. The summed E-state index contributed by atoms with van der Waals surface area (Å²) in [5.74, 6) is -0.207. The van der Waals surface area contributed by atoms with Crippen molar-refractivity contribution in [2.45, 2.75) is 6.42 Å². The van der Waals surface area contributed by atoms with Crippen LogP contribution in [0.4, 0.5) is 0 Å². The van der Waals surface area contributed by atoms with Gasteiger partial charge in [-0.1, -0.05) is 0 Å². The van der Waals surface area contributed by atoms with Crippen molar-refractivity contribution in [3.63, 3.8) is 0 Å². The Bertz CT molecular complexity index is 188. The standard InChI is InChI=1S/C4H3N3O/c5-2-3-1-4(8)7-6-3/h1H2,(H,7,8). The molecule has 1 aliphatic heterocycles. The van der Waals surface area contributed by atoms with Crippen molar-refractivity contribution in [3.05, 3.63) is 0 Å². The number of hydrogen-bond donors (Lipinski definition) is 1. The molecule has 1 N–H and O–H groups in total.